The van der Waals surface area contributed by atoms with Crippen molar-refractivity contribution in [3.63, 3.8) is 0 Å². The molecule has 0 amide bonds. The number of nitrogen functional groups attached to an aromatic ring is 1. The van der Waals surface area contributed by atoms with Crippen molar-refractivity contribution in [3.05, 3.63) is 39.2 Å². The number of hydrogen-bond acceptors (Lipinski definition) is 2. The van der Waals surface area contributed by atoms with Gasteiger partial charge in [0.15, 0.2) is 0 Å². The summed E-state index contributed by atoms with van der Waals surface area (Å²) in [5.41, 5.74) is 9.05. The van der Waals surface area contributed by atoms with Gasteiger partial charge in [0.2, 0.25) is 0 Å². The minimum absolute atomic E-state index is 0.847. The van der Waals surface area contributed by atoms with Gasteiger partial charge >= 0.3 is 0 Å². The summed E-state index contributed by atoms with van der Waals surface area (Å²) in [5, 5.41) is 0. The molecule has 2 aromatic rings. The van der Waals surface area contributed by atoms with Crippen LogP contribution in [0.25, 0.3) is 10.4 Å². The molecule has 15 heavy (non-hydrogen) atoms. The van der Waals surface area contributed by atoms with Gasteiger partial charge in [-0.1, -0.05) is 15.9 Å². The van der Waals surface area contributed by atoms with Gasteiger partial charge in [-0.15, -0.1) is 11.3 Å². The van der Waals surface area contributed by atoms with Gasteiger partial charge in [0, 0.05) is 25.5 Å². The van der Waals surface area contributed by atoms with Gasteiger partial charge in [0.25, 0.3) is 0 Å². The first-order chi connectivity index (χ1) is 7.08. The molecule has 0 fully saturated rings. The van der Waals surface area contributed by atoms with Gasteiger partial charge in [-0.05, 0) is 43.7 Å². The number of hydrogen-bond donors (Lipinski definition) is 1. The largest absolute Gasteiger partial charge is 0.398 e. The van der Waals surface area contributed by atoms with Crippen LogP contribution < -0.4 is 5.73 Å². The molecular weight excluding hydrogens is 270 g/mol. The van der Waals surface area contributed by atoms with Crippen LogP contribution >= 0.6 is 27.3 Å². The summed E-state index contributed by atoms with van der Waals surface area (Å²) in [4.78, 5) is 2.57. The molecule has 2 rings (SSSR count). The number of anilines is 1. The molecule has 0 aliphatic rings. The molecule has 0 bridgehead atoms. The Kier molecular flexibility index (Phi) is 2.85. The van der Waals surface area contributed by atoms with Crippen LogP contribution in [-0.4, -0.2) is 0 Å². The Hall–Kier alpha value is -0.800. The Labute approximate surface area is 102 Å². The molecule has 1 aromatic carbocycles. The first kappa shape index (κ1) is 10.7. The van der Waals surface area contributed by atoms with Crippen LogP contribution in [0, 0.1) is 13.8 Å². The molecule has 1 nitrogen and oxygen atoms in total. The molecule has 0 aliphatic heterocycles. The average molecular weight is 282 g/mol. The zero-order valence-electron chi connectivity index (χ0n) is 8.67. The maximum absolute atomic E-state index is 5.92. The van der Waals surface area contributed by atoms with E-state index in [1.165, 1.54) is 15.3 Å². The summed E-state index contributed by atoms with van der Waals surface area (Å²) < 4.78 is 1.11. The maximum Gasteiger partial charge on any atom is 0.0357 e. The van der Waals surface area contributed by atoms with Gasteiger partial charge < -0.3 is 5.73 Å². The van der Waals surface area contributed by atoms with E-state index in [1.807, 2.05) is 13.0 Å². The number of halogens is 1. The van der Waals surface area contributed by atoms with E-state index < -0.39 is 0 Å². The zero-order valence-corrected chi connectivity index (χ0v) is 11.1. The van der Waals surface area contributed by atoms with Crippen LogP contribution in [0.3, 0.4) is 0 Å². The Bertz CT molecular complexity index is 502. The molecule has 0 saturated heterocycles. The number of rotatable bonds is 1. The first-order valence-corrected chi connectivity index (χ1v) is 6.31. The van der Waals surface area contributed by atoms with Crippen LogP contribution in [0.1, 0.15) is 10.4 Å². The van der Waals surface area contributed by atoms with Crippen LogP contribution in [0.5, 0.6) is 0 Å². The molecule has 0 aliphatic carbocycles. The summed E-state index contributed by atoms with van der Waals surface area (Å²) in [6.45, 7) is 4.13. The lowest BCUT2D eigenvalue weighted by Crippen LogP contribution is -1.90. The Morgan fingerprint density at radius 2 is 1.93 bits per heavy atom. The minimum Gasteiger partial charge on any atom is -0.398 e. The minimum atomic E-state index is 0.847. The Balaban J connectivity index is 2.58. The van der Waals surface area contributed by atoms with Crippen molar-refractivity contribution >= 4 is 33.0 Å². The average Bonchev–Trinajstić information content (AvgIpc) is 2.58. The van der Waals surface area contributed by atoms with Gasteiger partial charge in [-0.2, -0.15) is 0 Å². The third-order valence-electron chi connectivity index (χ3n) is 2.36. The van der Waals surface area contributed by atoms with Crippen molar-refractivity contribution < 1.29 is 0 Å². The normalized spacial score (nSPS) is 10.6. The summed E-state index contributed by atoms with van der Waals surface area (Å²) in [7, 11) is 0. The Morgan fingerprint density at radius 1 is 1.20 bits per heavy atom. The molecule has 0 saturated carbocycles. The van der Waals surface area contributed by atoms with Crippen LogP contribution in [0.2, 0.25) is 0 Å². The van der Waals surface area contributed by atoms with E-state index in [1.54, 1.807) is 11.3 Å². The predicted molar refractivity (Wildman–Crippen MR) is 71.3 cm³/mol. The second-order valence-corrected chi connectivity index (χ2v) is 5.74. The molecule has 1 heterocycles. The highest BCUT2D eigenvalue weighted by atomic mass is 79.9. The summed E-state index contributed by atoms with van der Waals surface area (Å²) in [6.07, 6.45) is 0. The topological polar surface area (TPSA) is 26.0 Å². The highest BCUT2D eigenvalue weighted by Gasteiger charge is 2.07. The number of benzene rings is 1. The monoisotopic (exact) mass is 281 g/mol. The van der Waals surface area contributed by atoms with Gasteiger partial charge in [-0.25, -0.2) is 0 Å². The molecule has 0 atom stereocenters. The third kappa shape index (κ3) is 2.08. The molecule has 0 spiro atoms. The molecule has 2 N–H and O–H groups in total. The second-order valence-electron chi connectivity index (χ2n) is 3.60. The first-order valence-electron chi connectivity index (χ1n) is 4.70. The van der Waals surface area contributed by atoms with Crippen molar-refractivity contribution in [1.82, 2.24) is 0 Å². The van der Waals surface area contributed by atoms with E-state index in [0.29, 0.717) is 0 Å². The van der Waals surface area contributed by atoms with E-state index in [2.05, 4.69) is 41.1 Å². The van der Waals surface area contributed by atoms with Crippen molar-refractivity contribution in [2.45, 2.75) is 13.8 Å². The molecule has 0 radical (unpaired) electrons. The maximum atomic E-state index is 5.92. The van der Waals surface area contributed by atoms with E-state index in [0.717, 1.165) is 15.7 Å². The fraction of sp³-hybridized carbons (Fsp3) is 0.167. The third-order valence-corrected chi connectivity index (χ3v) is 4.05. The Morgan fingerprint density at radius 3 is 2.53 bits per heavy atom. The van der Waals surface area contributed by atoms with Gasteiger partial charge in [-0.3, -0.25) is 0 Å². The summed E-state index contributed by atoms with van der Waals surface area (Å²) >= 11 is 5.36. The van der Waals surface area contributed by atoms with Crippen LogP contribution in [0.15, 0.2) is 28.7 Å². The van der Waals surface area contributed by atoms with E-state index in [4.69, 9.17) is 5.73 Å². The fourth-order valence-corrected chi connectivity index (χ4v) is 3.16. The molecule has 0 unspecified atom stereocenters. The summed E-state index contributed by atoms with van der Waals surface area (Å²) in [6, 6.07) is 8.36. The highest BCUT2D eigenvalue weighted by Crippen LogP contribution is 2.35. The van der Waals surface area contributed by atoms with E-state index in [9.17, 15) is 0 Å². The van der Waals surface area contributed by atoms with Crippen molar-refractivity contribution in [3.8, 4) is 10.4 Å². The molecular formula is C12H12BrNS. The van der Waals surface area contributed by atoms with Crippen molar-refractivity contribution in [2.75, 3.05) is 5.73 Å². The lowest BCUT2D eigenvalue weighted by molar-refractivity contribution is 1.45. The standard InChI is InChI=1S/C12H12BrNS/c1-7-5-10(13)9(6-11(7)14)12-4-3-8(2)15-12/h3-6H,14H2,1-2H3. The van der Waals surface area contributed by atoms with Crippen LogP contribution in [0.4, 0.5) is 5.69 Å². The van der Waals surface area contributed by atoms with Crippen molar-refractivity contribution in [1.29, 1.82) is 0 Å². The molecule has 1 aromatic heterocycles. The SMILES string of the molecule is Cc1ccc(-c2cc(N)c(C)cc2Br)s1. The van der Waals surface area contributed by atoms with Crippen molar-refractivity contribution in [2.24, 2.45) is 0 Å². The van der Waals surface area contributed by atoms with E-state index >= 15 is 0 Å². The lowest BCUT2D eigenvalue weighted by Gasteiger charge is -2.06. The van der Waals surface area contributed by atoms with Gasteiger partial charge in [0.05, 0.1) is 0 Å². The van der Waals surface area contributed by atoms with E-state index in [-0.39, 0.29) is 0 Å². The van der Waals surface area contributed by atoms with Gasteiger partial charge in [0.1, 0.15) is 0 Å². The second kappa shape index (κ2) is 3.99. The number of nitrogens with two attached hydrogens (primary N) is 1. The quantitative estimate of drug-likeness (QED) is 0.772. The summed E-state index contributed by atoms with van der Waals surface area (Å²) in [5.74, 6) is 0. The smallest absolute Gasteiger partial charge is 0.0357 e. The number of aryl methyl sites for hydroxylation is 2. The zero-order chi connectivity index (χ0) is 11.0. The lowest BCUT2D eigenvalue weighted by atomic mass is 10.1. The highest BCUT2D eigenvalue weighted by molar-refractivity contribution is 9.10. The number of thiophene rings is 1. The van der Waals surface area contributed by atoms with Crippen LogP contribution in [-0.2, 0) is 0 Å². The predicted octanol–water partition coefficient (Wildman–Crippen LogP) is 4.38. The molecule has 3 heteroatoms. The fourth-order valence-electron chi connectivity index (χ4n) is 1.46. The molecule has 78 valence electrons.